The van der Waals surface area contributed by atoms with E-state index in [0.717, 1.165) is 12.0 Å². The van der Waals surface area contributed by atoms with Gasteiger partial charge in [-0.2, -0.15) is 4.57 Å². The summed E-state index contributed by atoms with van der Waals surface area (Å²) in [4.78, 5) is 0. The van der Waals surface area contributed by atoms with Crippen LogP contribution in [0.15, 0.2) is 29.7 Å². The van der Waals surface area contributed by atoms with E-state index >= 15 is 0 Å². The third-order valence-electron chi connectivity index (χ3n) is 1.66. The van der Waals surface area contributed by atoms with Gasteiger partial charge in [0.15, 0.2) is 12.4 Å². The van der Waals surface area contributed by atoms with Crippen molar-refractivity contribution < 1.29 is 14.5 Å². The molecule has 0 atom stereocenters. The van der Waals surface area contributed by atoms with E-state index in [9.17, 15) is 0 Å². The molecule has 0 saturated carbocycles. The van der Waals surface area contributed by atoms with Crippen LogP contribution in [0, 0.1) is 12.0 Å². The molecule has 1 rings (SSSR count). The minimum atomic E-state index is 0.392. The van der Waals surface area contributed by atoms with E-state index in [-0.39, 0.29) is 0 Å². The van der Waals surface area contributed by atoms with Gasteiger partial charge in [-0.3, -0.25) is 0 Å². The Labute approximate surface area is 88.8 Å². The average molecular weight is 205 g/mol. The zero-order valence-electron chi connectivity index (χ0n) is 8.55. The van der Waals surface area contributed by atoms with E-state index < -0.39 is 0 Å². The number of nitrogens with zero attached hydrogens (tertiary/aromatic N) is 2. The first-order chi connectivity index (χ1) is 7.36. The average Bonchev–Trinajstić information content (AvgIpc) is 2.27. The Bertz CT molecular complexity index is 374. The molecule has 0 aliphatic carbocycles. The first kappa shape index (κ1) is 11.1. The molecule has 0 amide bonds. The molecule has 15 heavy (non-hydrogen) atoms. The number of oxime groups is 1. The second-order valence-corrected chi connectivity index (χ2v) is 2.80. The molecular formula is C11H13N2O2+. The Balaban J connectivity index is 2.49. The van der Waals surface area contributed by atoms with Crippen LogP contribution in [0.2, 0.25) is 0 Å². The van der Waals surface area contributed by atoms with Gasteiger partial charge in [0.05, 0.1) is 6.21 Å². The van der Waals surface area contributed by atoms with Gasteiger partial charge in [0.2, 0.25) is 0 Å². The lowest BCUT2D eigenvalue weighted by Gasteiger charge is -1.94. The van der Waals surface area contributed by atoms with Crippen LogP contribution in [0.3, 0.4) is 0 Å². The number of hydrogen-bond acceptors (Lipinski definition) is 3. The number of aromatic nitrogens is 1. The molecule has 0 aromatic carbocycles. The van der Waals surface area contributed by atoms with Gasteiger partial charge < -0.3 is 9.94 Å². The zero-order valence-corrected chi connectivity index (χ0v) is 8.55. The largest absolute Gasteiger partial charge is 0.411 e. The highest BCUT2D eigenvalue weighted by Gasteiger charge is 1.97. The lowest BCUT2D eigenvalue weighted by Crippen LogP contribution is -2.33. The quantitative estimate of drug-likeness (QED) is 0.264. The van der Waals surface area contributed by atoms with Gasteiger partial charge in [0.1, 0.15) is 6.11 Å². The molecule has 1 N–H and O–H groups in total. The predicted molar refractivity (Wildman–Crippen MR) is 55.2 cm³/mol. The van der Waals surface area contributed by atoms with Crippen molar-refractivity contribution in [1.29, 1.82) is 0 Å². The van der Waals surface area contributed by atoms with Gasteiger partial charge in [-0.1, -0.05) is 18.0 Å². The molecule has 0 aliphatic heterocycles. The maximum atomic E-state index is 8.31. The van der Waals surface area contributed by atoms with Crippen molar-refractivity contribution >= 4 is 6.21 Å². The van der Waals surface area contributed by atoms with Crippen LogP contribution in [-0.4, -0.2) is 11.4 Å². The molecule has 0 unspecified atom stereocenters. The van der Waals surface area contributed by atoms with Crippen molar-refractivity contribution in [2.45, 2.75) is 20.1 Å². The fourth-order valence-corrected chi connectivity index (χ4v) is 0.938. The highest BCUT2D eigenvalue weighted by atomic mass is 16.5. The molecule has 1 aromatic rings. The fraction of sp³-hybridized carbons (Fsp3) is 0.273. The summed E-state index contributed by atoms with van der Waals surface area (Å²) in [6.45, 7) is 2.36. The van der Waals surface area contributed by atoms with Gasteiger partial charge in [-0.25, -0.2) is 0 Å². The van der Waals surface area contributed by atoms with Crippen LogP contribution in [-0.2, 0) is 11.5 Å². The van der Waals surface area contributed by atoms with Crippen molar-refractivity contribution in [2.75, 3.05) is 0 Å². The van der Waals surface area contributed by atoms with Crippen LogP contribution in [0.5, 0.6) is 0 Å². The minimum absolute atomic E-state index is 0.392. The molecule has 1 heterocycles. The second-order valence-electron chi connectivity index (χ2n) is 2.80. The Morgan fingerprint density at radius 1 is 1.53 bits per heavy atom. The van der Waals surface area contributed by atoms with Gasteiger partial charge in [-0.15, -0.1) is 0 Å². The lowest BCUT2D eigenvalue weighted by molar-refractivity contribution is -0.728. The van der Waals surface area contributed by atoms with Gasteiger partial charge in [0.25, 0.3) is 0 Å². The fourth-order valence-electron chi connectivity index (χ4n) is 0.938. The van der Waals surface area contributed by atoms with Crippen molar-refractivity contribution in [2.24, 2.45) is 5.16 Å². The molecule has 0 radical (unpaired) electrons. The van der Waals surface area contributed by atoms with E-state index in [1.54, 1.807) is 0 Å². The summed E-state index contributed by atoms with van der Waals surface area (Å²) in [7, 11) is 0. The highest BCUT2D eigenvalue weighted by molar-refractivity contribution is 5.78. The minimum Gasteiger partial charge on any atom is -0.411 e. The number of ether oxygens (including phenoxy) is 1. The first-order valence-electron chi connectivity index (χ1n) is 4.63. The molecule has 78 valence electrons. The Morgan fingerprint density at radius 2 is 2.27 bits per heavy atom. The van der Waals surface area contributed by atoms with Gasteiger partial charge in [-0.05, 0) is 0 Å². The molecule has 0 saturated heterocycles. The second kappa shape index (κ2) is 6.44. The standard InChI is InChI=1S/C11H12N2O2/c1-2-3-8-15-10-13-6-4-11(5-7-13)9-12-14/h4-7,9H,2,10H2,1H3/p+1. The van der Waals surface area contributed by atoms with E-state index in [2.05, 4.69) is 17.2 Å². The molecule has 0 fully saturated rings. The summed E-state index contributed by atoms with van der Waals surface area (Å²) in [6, 6.07) is 3.63. The molecular weight excluding hydrogens is 192 g/mol. The van der Waals surface area contributed by atoms with Gasteiger partial charge in [0, 0.05) is 24.1 Å². The predicted octanol–water partition coefficient (Wildman–Crippen LogP) is 1.13. The van der Waals surface area contributed by atoms with E-state index in [1.165, 1.54) is 6.21 Å². The molecule has 1 aromatic heterocycles. The van der Waals surface area contributed by atoms with Crippen molar-refractivity contribution in [1.82, 2.24) is 0 Å². The van der Waals surface area contributed by atoms with Crippen LogP contribution < -0.4 is 4.57 Å². The summed E-state index contributed by atoms with van der Waals surface area (Å²) < 4.78 is 6.91. The van der Waals surface area contributed by atoms with E-state index in [4.69, 9.17) is 9.94 Å². The van der Waals surface area contributed by atoms with Crippen LogP contribution in [0.1, 0.15) is 18.9 Å². The summed E-state index contributed by atoms with van der Waals surface area (Å²) in [6.07, 6.45) is 8.39. The molecule has 0 spiro atoms. The molecule has 0 bridgehead atoms. The smallest absolute Gasteiger partial charge is 0.301 e. The Morgan fingerprint density at radius 3 is 2.87 bits per heavy atom. The monoisotopic (exact) mass is 205 g/mol. The van der Waals surface area contributed by atoms with E-state index in [1.807, 2.05) is 36.0 Å². The number of rotatable bonds is 3. The maximum Gasteiger partial charge on any atom is 0.301 e. The number of pyridine rings is 1. The first-order valence-corrected chi connectivity index (χ1v) is 4.63. The zero-order chi connectivity index (χ0) is 10.9. The highest BCUT2D eigenvalue weighted by Crippen LogP contribution is 1.89. The molecule has 0 aliphatic rings. The van der Waals surface area contributed by atoms with Crippen molar-refractivity contribution in [3.05, 3.63) is 30.1 Å². The molecule has 4 nitrogen and oxygen atoms in total. The van der Waals surface area contributed by atoms with Crippen molar-refractivity contribution in [3.8, 4) is 12.0 Å². The SMILES string of the molecule is CCC#COC[n+]1ccc(C=NO)cc1. The topological polar surface area (TPSA) is 45.7 Å². The van der Waals surface area contributed by atoms with Crippen molar-refractivity contribution in [3.63, 3.8) is 0 Å². The maximum absolute atomic E-state index is 8.31. The summed E-state index contributed by atoms with van der Waals surface area (Å²) >= 11 is 0. The van der Waals surface area contributed by atoms with Gasteiger partial charge >= 0.3 is 6.73 Å². The summed E-state index contributed by atoms with van der Waals surface area (Å²) in [5.74, 6) is 2.81. The normalized spacial score (nSPS) is 9.67. The summed E-state index contributed by atoms with van der Waals surface area (Å²) in [5, 5.41) is 11.2. The van der Waals surface area contributed by atoms with E-state index in [0.29, 0.717) is 6.73 Å². The van der Waals surface area contributed by atoms with Crippen LogP contribution in [0.4, 0.5) is 0 Å². The third kappa shape index (κ3) is 4.14. The van der Waals surface area contributed by atoms with Crippen LogP contribution >= 0.6 is 0 Å². The lowest BCUT2D eigenvalue weighted by atomic mass is 10.3. The van der Waals surface area contributed by atoms with Crippen LogP contribution in [0.25, 0.3) is 0 Å². The Kier molecular flexibility index (Phi) is 4.74. The molecule has 4 heteroatoms. The third-order valence-corrected chi connectivity index (χ3v) is 1.66. The number of hydrogen-bond donors (Lipinski definition) is 1. The summed E-state index contributed by atoms with van der Waals surface area (Å²) in [5.41, 5.74) is 0.827. The Hall–Kier alpha value is -2.02.